The summed E-state index contributed by atoms with van der Waals surface area (Å²) >= 11 is 1.42. The maximum absolute atomic E-state index is 15.7. The number of halogens is 1. The van der Waals surface area contributed by atoms with Gasteiger partial charge in [0.05, 0.1) is 23.5 Å². The quantitative estimate of drug-likeness (QED) is 0.0807. The van der Waals surface area contributed by atoms with Gasteiger partial charge in [-0.1, -0.05) is 96.1 Å². The molecular weight excluding hydrogens is 487 g/mol. The molecule has 1 atom stereocenters. The lowest BCUT2D eigenvalue weighted by molar-refractivity contribution is 0.145. The van der Waals surface area contributed by atoms with E-state index in [1.165, 1.54) is 22.7 Å². The van der Waals surface area contributed by atoms with Gasteiger partial charge in [-0.05, 0) is 40.4 Å². The van der Waals surface area contributed by atoms with Crippen LogP contribution < -0.4 is 4.90 Å². The van der Waals surface area contributed by atoms with Crippen LogP contribution >= 0.6 is 11.8 Å². The number of amides is 1. The lowest BCUT2D eigenvalue weighted by Gasteiger charge is -2.35. The Bertz CT molecular complexity index is 1330. The van der Waals surface area contributed by atoms with Crippen molar-refractivity contribution >= 4 is 23.5 Å². The highest BCUT2D eigenvalue weighted by molar-refractivity contribution is 8.00. The summed E-state index contributed by atoms with van der Waals surface area (Å²) in [6.07, 6.45) is -1.16. The van der Waals surface area contributed by atoms with Crippen molar-refractivity contribution in [1.82, 2.24) is 0 Å². The maximum atomic E-state index is 15.7. The van der Waals surface area contributed by atoms with E-state index in [4.69, 9.17) is 10.3 Å². The largest absolute Gasteiger partial charge is 0.444 e. The SMILES string of the molecule is [N-]=[N+]=NC[C@@H]1CN(c2ccc(SC(c3ccccc3)(c3ccccc3)c3ccccc3)c(F)c2)C(=O)O1. The van der Waals surface area contributed by atoms with Crippen molar-refractivity contribution in [3.05, 3.63) is 142 Å². The minimum atomic E-state index is -0.723. The van der Waals surface area contributed by atoms with Gasteiger partial charge in [-0.3, -0.25) is 4.90 Å². The Morgan fingerprint density at radius 2 is 1.46 bits per heavy atom. The number of rotatable bonds is 8. The fraction of sp³-hybridized carbons (Fsp3) is 0.138. The number of hydrogen-bond acceptors (Lipinski definition) is 4. The number of nitrogens with zero attached hydrogens (tertiary/aromatic N) is 4. The molecule has 0 saturated carbocycles. The zero-order valence-electron chi connectivity index (χ0n) is 19.8. The molecule has 0 radical (unpaired) electrons. The number of azide groups is 1. The van der Waals surface area contributed by atoms with E-state index >= 15 is 4.39 Å². The highest BCUT2D eigenvalue weighted by Crippen LogP contribution is 2.52. The smallest absolute Gasteiger partial charge is 0.414 e. The zero-order chi connectivity index (χ0) is 25.7. The standard InChI is InChI=1S/C29H23FN4O2S/c30-26-18-24(34-20-25(19-32-33-31)36-28(34)35)16-17-27(26)37-29(21-10-4-1-5-11-21,22-12-6-2-7-13-22)23-14-8-3-9-15-23/h1-18,25H,19-20H2/t25-/m1/s1. The van der Waals surface area contributed by atoms with E-state index in [0.717, 1.165) is 16.7 Å². The van der Waals surface area contributed by atoms with Gasteiger partial charge in [0.25, 0.3) is 0 Å². The van der Waals surface area contributed by atoms with Gasteiger partial charge in [0.15, 0.2) is 0 Å². The summed E-state index contributed by atoms with van der Waals surface area (Å²) in [5.74, 6) is -0.444. The third-order valence-electron chi connectivity index (χ3n) is 6.25. The van der Waals surface area contributed by atoms with Gasteiger partial charge in [-0.2, -0.15) is 0 Å². The Labute approximate surface area is 218 Å². The van der Waals surface area contributed by atoms with Gasteiger partial charge < -0.3 is 4.74 Å². The van der Waals surface area contributed by atoms with Gasteiger partial charge in [0, 0.05) is 9.81 Å². The van der Waals surface area contributed by atoms with Crippen molar-refractivity contribution in [2.45, 2.75) is 15.7 Å². The van der Waals surface area contributed by atoms with E-state index in [1.807, 2.05) is 54.6 Å². The summed E-state index contributed by atoms with van der Waals surface area (Å²) in [5.41, 5.74) is 12.0. The minimum absolute atomic E-state index is 0.0307. The molecule has 4 aromatic rings. The summed E-state index contributed by atoms with van der Waals surface area (Å²) < 4.78 is 20.3. The van der Waals surface area contributed by atoms with Crippen LogP contribution in [0.2, 0.25) is 0 Å². The molecule has 0 bridgehead atoms. The van der Waals surface area contributed by atoms with Crippen LogP contribution in [-0.4, -0.2) is 25.3 Å². The van der Waals surface area contributed by atoms with Crippen molar-refractivity contribution in [2.24, 2.45) is 5.11 Å². The van der Waals surface area contributed by atoms with Gasteiger partial charge in [-0.15, -0.1) is 11.8 Å². The summed E-state index contributed by atoms with van der Waals surface area (Å²) in [6, 6.07) is 35.0. The first-order valence-electron chi connectivity index (χ1n) is 11.8. The van der Waals surface area contributed by atoms with Crippen molar-refractivity contribution in [3.63, 3.8) is 0 Å². The van der Waals surface area contributed by atoms with Crippen LogP contribution in [0.5, 0.6) is 0 Å². The molecule has 5 rings (SSSR count). The van der Waals surface area contributed by atoms with E-state index in [2.05, 4.69) is 46.4 Å². The molecule has 1 fully saturated rings. The highest BCUT2D eigenvalue weighted by atomic mass is 32.2. The molecule has 0 unspecified atom stereocenters. The number of thioether (sulfide) groups is 1. The second kappa shape index (κ2) is 10.8. The van der Waals surface area contributed by atoms with Crippen molar-refractivity contribution in [3.8, 4) is 0 Å². The number of hydrogen-bond donors (Lipinski definition) is 0. The van der Waals surface area contributed by atoms with Crippen molar-refractivity contribution in [1.29, 1.82) is 0 Å². The monoisotopic (exact) mass is 510 g/mol. The Kier molecular flexibility index (Phi) is 7.12. The highest BCUT2D eigenvalue weighted by Gasteiger charge is 2.39. The van der Waals surface area contributed by atoms with Crippen molar-refractivity contribution < 1.29 is 13.9 Å². The molecule has 1 amide bonds. The summed E-state index contributed by atoms with van der Waals surface area (Å²) in [6.45, 7) is 0.217. The molecule has 1 heterocycles. The number of benzene rings is 4. The predicted octanol–water partition coefficient (Wildman–Crippen LogP) is 7.55. The molecule has 8 heteroatoms. The Morgan fingerprint density at radius 3 is 1.95 bits per heavy atom. The van der Waals surface area contributed by atoms with E-state index < -0.39 is 22.8 Å². The Morgan fingerprint density at radius 1 is 0.919 bits per heavy atom. The molecule has 4 aromatic carbocycles. The normalized spacial score (nSPS) is 15.2. The van der Waals surface area contributed by atoms with E-state index in [0.29, 0.717) is 10.6 Å². The first kappa shape index (κ1) is 24.4. The molecule has 6 nitrogen and oxygen atoms in total. The topological polar surface area (TPSA) is 78.3 Å². The second-order valence-corrected chi connectivity index (χ2v) is 9.78. The van der Waals surface area contributed by atoms with Gasteiger partial charge in [-0.25, -0.2) is 9.18 Å². The van der Waals surface area contributed by atoms with Crippen LogP contribution in [0.3, 0.4) is 0 Å². The zero-order valence-corrected chi connectivity index (χ0v) is 20.6. The van der Waals surface area contributed by atoms with E-state index in [1.54, 1.807) is 12.1 Å². The summed E-state index contributed by atoms with van der Waals surface area (Å²) in [7, 11) is 0. The Hall–Kier alpha value is -4.26. The Balaban J connectivity index is 1.57. The number of carbonyl (C=O) groups is 1. The third kappa shape index (κ3) is 4.89. The third-order valence-corrected chi connectivity index (χ3v) is 7.82. The average Bonchev–Trinajstić information content (AvgIpc) is 3.33. The van der Waals surface area contributed by atoms with Gasteiger partial charge in [0.1, 0.15) is 11.9 Å². The predicted molar refractivity (Wildman–Crippen MR) is 143 cm³/mol. The van der Waals surface area contributed by atoms with Crippen molar-refractivity contribution in [2.75, 3.05) is 18.0 Å². The number of ether oxygens (including phenoxy) is 1. The molecule has 0 aromatic heterocycles. The molecular formula is C29H23FN4O2S. The number of anilines is 1. The first-order chi connectivity index (χ1) is 18.1. The lowest BCUT2D eigenvalue weighted by Crippen LogP contribution is -2.26. The number of cyclic esters (lactones) is 1. The molecule has 0 spiro atoms. The second-order valence-electron chi connectivity index (χ2n) is 8.53. The molecule has 0 aliphatic carbocycles. The molecule has 184 valence electrons. The molecule has 1 saturated heterocycles. The molecule has 1 aliphatic rings. The van der Waals surface area contributed by atoms with Gasteiger partial charge >= 0.3 is 6.09 Å². The lowest BCUT2D eigenvalue weighted by atomic mass is 9.84. The first-order valence-corrected chi connectivity index (χ1v) is 12.6. The minimum Gasteiger partial charge on any atom is -0.444 e. The fourth-order valence-corrected chi connectivity index (χ4v) is 5.94. The summed E-state index contributed by atoms with van der Waals surface area (Å²) in [4.78, 5) is 16.9. The summed E-state index contributed by atoms with van der Waals surface area (Å²) in [5, 5.41) is 3.47. The van der Waals surface area contributed by atoms with Crippen LogP contribution in [-0.2, 0) is 9.48 Å². The van der Waals surface area contributed by atoms with Gasteiger partial charge in [0.2, 0.25) is 0 Å². The average molecular weight is 511 g/mol. The fourth-order valence-electron chi connectivity index (χ4n) is 4.56. The van der Waals surface area contributed by atoms with Crippen LogP contribution in [0.25, 0.3) is 10.4 Å². The van der Waals surface area contributed by atoms with E-state index in [9.17, 15) is 4.79 Å². The van der Waals surface area contributed by atoms with Crippen LogP contribution in [0.15, 0.2) is 119 Å². The number of carbonyl (C=O) groups excluding carboxylic acids is 1. The molecule has 0 N–H and O–H groups in total. The van der Waals surface area contributed by atoms with Crippen LogP contribution in [0.4, 0.5) is 14.9 Å². The molecule has 1 aliphatic heterocycles. The van der Waals surface area contributed by atoms with Crippen LogP contribution in [0.1, 0.15) is 16.7 Å². The van der Waals surface area contributed by atoms with Crippen LogP contribution in [0, 0.1) is 5.82 Å². The molecule has 37 heavy (non-hydrogen) atoms. The van der Waals surface area contributed by atoms with E-state index in [-0.39, 0.29) is 13.1 Å². The maximum Gasteiger partial charge on any atom is 0.414 e.